The molecule has 1 amide bonds. The summed E-state index contributed by atoms with van der Waals surface area (Å²) >= 11 is 11.6. The molecule has 1 heterocycles. The van der Waals surface area contributed by atoms with Crippen molar-refractivity contribution in [1.29, 1.82) is 0 Å². The van der Waals surface area contributed by atoms with Gasteiger partial charge >= 0.3 is 5.97 Å². The average molecular weight is 380 g/mol. The number of halogens is 2. The molecule has 0 unspecified atom stereocenters. The zero-order valence-electron chi connectivity index (χ0n) is 12.3. The van der Waals surface area contributed by atoms with Crippen molar-refractivity contribution in [1.82, 2.24) is 4.90 Å². The summed E-state index contributed by atoms with van der Waals surface area (Å²) in [6.45, 7) is -0.466. The highest BCUT2D eigenvalue weighted by Crippen LogP contribution is 2.23. The molecule has 0 bridgehead atoms. The number of hydrogen-bond donors (Lipinski definition) is 0. The fraction of sp³-hybridized carbons (Fsp3) is 0.429. The van der Waals surface area contributed by atoms with Crippen molar-refractivity contribution in [2.75, 3.05) is 25.2 Å². The lowest BCUT2D eigenvalue weighted by atomic mass is 10.2. The molecule has 1 saturated heterocycles. The van der Waals surface area contributed by atoms with Crippen LogP contribution in [-0.4, -0.2) is 56.4 Å². The number of esters is 1. The first-order valence-electron chi connectivity index (χ1n) is 6.78. The number of likely N-dealkylation sites (N-methyl/N-ethyl adjacent to an activating group) is 1. The Hall–Kier alpha value is -1.31. The molecule has 1 atom stereocenters. The van der Waals surface area contributed by atoms with Crippen molar-refractivity contribution in [3.63, 3.8) is 0 Å². The van der Waals surface area contributed by atoms with E-state index in [2.05, 4.69) is 0 Å². The molecule has 6 nitrogen and oxygen atoms in total. The standard InChI is InChI=1S/C14H15Cl2NO5S/c1-17(10-4-5-23(20,21)8-10)13(18)7-22-14(19)9-2-3-11(15)12(16)6-9/h2-3,6,10H,4-5,7-8H2,1H3/t10-/m1/s1. The van der Waals surface area contributed by atoms with Gasteiger partial charge in [-0.3, -0.25) is 4.79 Å². The number of amides is 1. The number of benzene rings is 1. The maximum atomic E-state index is 12.0. The van der Waals surface area contributed by atoms with Crippen LogP contribution in [0.1, 0.15) is 16.8 Å². The largest absolute Gasteiger partial charge is 0.452 e. The van der Waals surface area contributed by atoms with Crippen LogP contribution >= 0.6 is 23.2 Å². The maximum absolute atomic E-state index is 12.0. The van der Waals surface area contributed by atoms with Gasteiger partial charge in [-0.1, -0.05) is 23.2 Å². The van der Waals surface area contributed by atoms with E-state index in [4.69, 9.17) is 27.9 Å². The van der Waals surface area contributed by atoms with Gasteiger partial charge in [0.25, 0.3) is 5.91 Å². The van der Waals surface area contributed by atoms with E-state index in [1.165, 1.54) is 30.1 Å². The van der Waals surface area contributed by atoms with Crippen LogP contribution in [0.4, 0.5) is 0 Å². The van der Waals surface area contributed by atoms with Gasteiger partial charge < -0.3 is 9.64 Å². The van der Waals surface area contributed by atoms with Crippen LogP contribution < -0.4 is 0 Å². The van der Waals surface area contributed by atoms with Gasteiger partial charge in [0.1, 0.15) is 0 Å². The minimum absolute atomic E-state index is 0.0595. The molecule has 1 aromatic rings. The molecule has 23 heavy (non-hydrogen) atoms. The van der Waals surface area contributed by atoms with E-state index >= 15 is 0 Å². The summed E-state index contributed by atoms with van der Waals surface area (Å²) in [4.78, 5) is 25.2. The SMILES string of the molecule is CN(C(=O)COC(=O)c1ccc(Cl)c(Cl)c1)[C@@H]1CCS(=O)(=O)C1. The van der Waals surface area contributed by atoms with Crippen molar-refractivity contribution >= 4 is 44.9 Å². The van der Waals surface area contributed by atoms with Gasteiger partial charge in [-0.15, -0.1) is 0 Å². The second-order valence-electron chi connectivity index (χ2n) is 5.27. The monoisotopic (exact) mass is 379 g/mol. The Morgan fingerprint density at radius 1 is 1.30 bits per heavy atom. The number of sulfone groups is 1. The van der Waals surface area contributed by atoms with Crippen LogP contribution in [-0.2, 0) is 19.4 Å². The molecule has 2 rings (SSSR count). The van der Waals surface area contributed by atoms with Crippen LogP contribution in [0.15, 0.2) is 18.2 Å². The third-order valence-corrected chi connectivity index (χ3v) is 6.12. The Kier molecular flexibility index (Phi) is 5.54. The Balaban J connectivity index is 1.91. The van der Waals surface area contributed by atoms with E-state index in [9.17, 15) is 18.0 Å². The van der Waals surface area contributed by atoms with Crippen molar-refractivity contribution in [2.24, 2.45) is 0 Å². The van der Waals surface area contributed by atoms with Gasteiger partial charge in [0.05, 0.1) is 27.1 Å². The molecule has 1 aliphatic rings. The van der Waals surface area contributed by atoms with E-state index < -0.39 is 28.3 Å². The Morgan fingerprint density at radius 2 is 2.00 bits per heavy atom. The fourth-order valence-electron chi connectivity index (χ4n) is 2.22. The second kappa shape index (κ2) is 7.07. The molecule has 1 fully saturated rings. The van der Waals surface area contributed by atoms with Crippen LogP contribution in [0.2, 0.25) is 10.0 Å². The molecule has 9 heteroatoms. The van der Waals surface area contributed by atoms with E-state index in [1.807, 2.05) is 0 Å². The van der Waals surface area contributed by atoms with Crippen molar-refractivity contribution in [3.8, 4) is 0 Å². The van der Waals surface area contributed by atoms with Gasteiger partial charge in [0.2, 0.25) is 0 Å². The number of ether oxygens (including phenoxy) is 1. The topological polar surface area (TPSA) is 80.8 Å². The Labute approximate surface area is 144 Å². The predicted molar refractivity (Wildman–Crippen MR) is 86.6 cm³/mol. The van der Waals surface area contributed by atoms with E-state index in [-0.39, 0.29) is 28.1 Å². The molecule has 126 valence electrons. The molecule has 0 saturated carbocycles. The lowest BCUT2D eigenvalue weighted by Crippen LogP contribution is -2.40. The summed E-state index contributed by atoms with van der Waals surface area (Å²) in [6, 6.07) is 3.87. The molecule has 1 aliphatic heterocycles. The van der Waals surface area contributed by atoms with Crippen LogP contribution in [0.25, 0.3) is 0 Å². The van der Waals surface area contributed by atoms with Crippen LogP contribution in [0, 0.1) is 0 Å². The van der Waals surface area contributed by atoms with E-state index in [0.717, 1.165) is 0 Å². The molecular formula is C14H15Cl2NO5S. The van der Waals surface area contributed by atoms with Crippen molar-refractivity contribution in [3.05, 3.63) is 33.8 Å². The first kappa shape index (κ1) is 18.0. The molecule has 0 radical (unpaired) electrons. The first-order valence-corrected chi connectivity index (χ1v) is 9.35. The Morgan fingerprint density at radius 3 is 2.57 bits per heavy atom. The van der Waals surface area contributed by atoms with E-state index in [0.29, 0.717) is 11.4 Å². The average Bonchev–Trinajstić information content (AvgIpc) is 2.86. The summed E-state index contributed by atoms with van der Waals surface area (Å²) in [5.74, 6) is -1.15. The Bertz CT molecular complexity index is 735. The van der Waals surface area contributed by atoms with Crippen molar-refractivity contribution < 1.29 is 22.7 Å². The van der Waals surface area contributed by atoms with Gasteiger partial charge in [0.15, 0.2) is 16.4 Å². The molecule has 0 aromatic heterocycles. The predicted octanol–water partition coefficient (Wildman–Crippen LogP) is 1.80. The quantitative estimate of drug-likeness (QED) is 0.744. The highest BCUT2D eigenvalue weighted by molar-refractivity contribution is 7.91. The minimum atomic E-state index is -3.09. The summed E-state index contributed by atoms with van der Waals surface area (Å²) < 4.78 is 27.8. The van der Waals surface area contributed by atoms with Gasteiger partial charge in [-0.05, 0) is 24.6 Å². The lowest BCUT2D eigenvalue weighted by molar-refractivity contribution is -0.134. The molecule has 0 N–H and O–H groups in total. The van der Waals surface area contributed by atoms with Crippen molar-refractivity contribution in [2.45, 2.75) is 12.5 Å². The normalized spacial score (nSPS) is 19.3. The summed E-state index contributed by atoms with van der Waals surface area (Å²) in [5.41, 5.74) is 0.179. The zero-order valence-corrected chi connectivity index (χ0v) is 14.6. The third kappa shape index (κ3) is 4.59. The van der Waals surface area contributed by atoms with Gasteiger partial charge in [-0.25, -0.2) is 13.2 Å². The molecule has 0 aliphatic carbocycles. The van der Waals surface area contributed by atoms with Gasteiger partial charge in [0, 0.05) is 13.1 Å². The third-order valence-electron chi connectivity index (χ3n) is 3.63. The highest BCUT2D eigenvalue weighted by atomic mass is 35.5. The highest BCUT2D eigenvalue weighted by Gasteiger charge is 2.32. The number of rotatable bonds is 4. The number of carbonyl (C=O) groups is 2. The number of hydrogen-bond acceptors (Lipinski definition) is 5. The second-order valence-corrected chi connectivity index (χ2v) is 8.31. The molecule has 0 spiro atoms. The molecule has 1 aromatic carbocycles. The minimum Gasteiger partial charge on any atom is -0.452 e. The lowest BCUT2D eigenvalue weighted by Gasteiger charge is -2.23. The summed E-state index contributed by atoms with van der Waals surface area (Å²) in [7, 11) is -1.59. The molecular weight excluding hydrogens is 365 g/mol. The smallest absolute Gasteiger partial charge is 0.338 e. The van der Waals surface area contributed by atoms with Crippen LogP contribution in [0.3, 0.4) is 0 Å². The summed E-state index contributed by atoms with van der Waals surface area (Å²) in [5, 5.41) is 0.516. The summed E-state index contributed by atoms with van der Waals surface area (Å²) in [6.07, 6.45) is 0.394. The van der Waals surface area contributed by atoms with E-state index in [1.54, 1.807) is 0 Å². The maximum Gasteiger partial charge on any atom is 0.338 e. The first-order chi connectivity index (χ1) is 10.7. The van der Waals surface area contributed by atoms with Crippen LogP contribution in [0.5, 0.6) is 0 Å². The number of nitrogens with zero attached hydrogens (tertiary/aromatic N) is 1. The fourth-order valence-corrected chi connectivity index (χ4v) is 4.29. The zero-order chi connectivity index (χ0) is 17.2. The van der Waals surface area contributed by atoms with Gasteiger partial charge in [-0.2, -0.15) is 0 Å². The number of carbonyl (C=O) groups excluding carboxylic acids is 2.